The second-order valence-electron chi connectivity index (χ2n) is 5.62. The number of nitriles is 1. The van der Waals surface area contributed by atoms with Gasteiger partial charge in [-0.15, -0.1) is 6.42 Å². The molecule has 1 aliphatic heterocycles. The number of allylic oxidation sites excluding steroid dienone is 1. The average molecular weight is 354 g/mol. The molecule has 0 unspecified atom stereocenters. The lowest BCUT2D eigenvalue weighted by Crippen LogP contribution is -2.29. The fourth-order valence-electron chi connectivity index (χ4n) is 2.58. The summed E-state index contributed by atoms with van der Waals surface area (Å²) in [6.45, 7) is 0.185. The molecule has 0 spiro atoms. The van der Waals surface area contributed by atoms with E-state index in [1.165, 1.54) is 12.2 Å². The first-order valence-electron chi connectivity index (χ1n) is 8.07. The standard InChI is InChI=1S/C22H14N2O3/c1-2-13-27-20-9-5-17(6-10-20)18(15-23)14-16-3-7-19(8-4-16)24-21(25)11-12-22(24)26/h1,3-12,14H,13H2/b18-14+. The Morgan fingerprint density at radius 1 is 1.04 bits per heavy atom. The van der Waals surface area contributed by atoms with Crippen LogP contribution in [0.15, 0.2) is 60.7 Å². The molecule has 27 heavy (non-hydrogen) atoms. The number of nitrogens with zero attached hydrogens (tertiary/aromatic N) is 2. The second-order valence-corrected chi connectivity index (χ2v) is 5.62. The maximum absolute atomic E-state index is 11.7. The van der Waals surface area contributed by atoms with Gasteiger partial charge in [0.05, 0.1) is 17.3 Å². The maximum atomic E-state index is 11.7. The molecule has 0 aromatic heterocycles. The van der Waals surface area contributed by atoms with Crippen LogP contribution in [-0.2, 0) is 9.59 Å². The quantitative estimate of drug-likeness (QED) is 0.358. The molecule has 130 valence electrons. The SMILES string of the molecule is C#CCOc1ccc(/C(C#N)=C/c2ccc(N3C(=O)C=CC3=O)cc2)cc1. The topological polar surface area (TPSA) is 70.4 Å². The van der Waals surface area contributed by atoms with Crippen molar-refractivity contribution in [3.8, 4) is 24.2 Å². The maximum Gasteiger partial charge on any atom is 0.258 e. The van der Waals surface area contributed by atoms with E-state index < -0.39 is 0 Å². The predicted octanol–water partition coefficient (Wildman–Crippen LogP) is 3.19. The summed E-state index contributed by atoms with van der Waals surface area (Å²) in [6, 6.07) is 16.1. The molecule has 1 aliphatic rings. The lowest BCUT2D eigenvalue weighted by Gasteiger charge is -2.13. The van der Waals surface area contributed by atoms with Gasteiger partial charge < -0.3 is 4.74 Å². The molecule has 3 rings (SSSR count). The largest absolute Gasteiger partial charge is 0.481 e. The average Bonchev–Trinajstić information content (AvgIpc) is 3.04. The molecule has 0 bridgehead atoms. The van der Waals surface area contributed by atoms with Crippen LogP contribution in [0.4, 0.5) is 5.69 Å². The Hall–Kier alpha value is -4.09. The zero-order chi connectivity index (χ0) is 19.2. The number of amides is 2. The minimum atomic E-state index is -0.367. The molecule has 0 fully saturated rings. The molecule has 5 nitrogen and oxygen atoms in total. The number of benzene rings is 2. The summed E-state index contributed by atoms with van der Waals surface area (Å²) in [5.41, 5.74) is 2.47. The molecule has 0 saturated carbocycles. The molecule has 0 radical (unpaired) electrons. The molecular weight excluding hydrogens is 340 g/mol. The highest BCUT2D eigenvalue weighted by Gasteiger charge is 2.24. The minimum absolute atomic E-state index is 0.185. The lowest BCUT2D eigenvalue weighted by atomic mass is 10.0. The zero-order valence-corrected chi connectivity index (χ0v) is 14.3. The van der Waals surface area contributed by atoms with Crippen LogP contribution >= 0.6 is 0 Å². The minimum Gasteiger partial charge on any atom is -0.481 e. The molecule has 2 amide bonds. The number of carbonyl (C=O) groups excluding carboxylic acids is 2. The van der Waals surface area contributed by atoms with Crippen molar-refractivity contribution in [3.63, 3.8) is 0 Å². The summed E-state index contributed by atoms with van der Waals surface area (Å²) >= 11 is 0. The van der Waals surface area contributed by atoms with Gasteiger partial charge in [0.25, 0.3) is 11.8 Å². The highest BCUT2D eigenvalue weighted by Crippen LogP contribution is 2.23. The lowest BCUT2D eigenvalue weighted by molar-refractivity contribution is -0.119. The van der Waals surface area contributed by atoms with Crippen molar-refractivity contribution in [1.29, 1.82) is 5.26 Å². The Morgan fingerprint density at radius 2 is 1.67 bits per heavy atom. The van der Waals surface area contributed by atoms with Crippen LogP contribution in [0, 0.1) is 23.7 Å². The van der Waals surface area contributed by atoms with Gasteiger partial charge in [0.2, 0.25) is 0 Å². The fraction of sp³-hybridized carbons (Fsp3) is 0.0455. The van der Waals surface area contributed by atoms with Gasteiger partial charge in [0.15, 0.2) is 0 Å². The van der Waals surface area contributed by atoms with Gasteiger partial charge in [-0.2, -0.15) is 5.26 Å². The third-order valence-corrected chi connectivity index (χ3v) is 3.88. The number of terminal acetylenes is 1. The number of hydrogen-bond donors (Lipinski definition) is 0. The number of rotatable bonds is 5. The summed E-state index contributed by atoms with van der Waals surface area (Å²) < 4.78 is 5.32. The van der Waals surface area contributed by atoms with Crippen molar-refractivity contribution in [3.05, 3.63) is 71.8 Å². The van der Waals surface area contributed by atoms with Crippen LogP contribution in [-0.4, -0.2) is 18.4 Å². The van der Waals surface area contributed by atoms with Crippen LogP contribution < -0.4 is 9.64 Å². The Morgan fingerprint density at radius 3 is 2.22 bits per heavy atom. The molecular formula is C22H14N2O3. The van der Waals surface area contributed by atoms with E-state index in [9.17, 15) is 14.9 Å². The number of carbonyl (C=O) groups is 2. The van der Waals surface area contributed by atoms with Gasteiger partial charge in [-0.25, -0.2) is 4.90 Å². The van der Waals surface area contributed by atoms with Crippen molar-refractivity contribution >= 4 is 29.2 Å². The van der Waals surface area contributed by atoms with E-state index in [0.717, 1.165) is 16.0 Å². The Kier molecular flexibility index (Phi) is 5.16. The highest BCUT2D eigenvalue weighted by molar-refractivity contribution is 6.28. The Bertz CT molecular complexity index is 999. The van der Waals surface area contributed by atoms with Crippen LogP contribution in [0.1, 0.15) is 11.1 Å². The van der Waals surface area contributed by atoms with Crippen LogP contribution in [0.5, 0.6) is 5.75 Å². The van der Waals surface area contributed by atoms with E-state index in [1.54, 1.807) is 54.6 Å². The molecule has 1 heterocycles. The van der Waals surface area contributed by atoms with Crippen molar-refractivity contribution in [2.75, 3.05) is 11.5 Å². The van der Waals surface area contributed by atoms with Gasteiger partial charge >= 0.3 is 0 Å². The first-order chi connectivity index (χ1) is 13.1. The number of ether oxygens (including phenoxy) is 1. The van der Waals surface area contributed by atoms with Gasteiger partial charge in [-0.3, -0.25) is 9.59 Å². The summed E-state index contributed by atoms with van der Waals surface area (Å²) in [4.78, 5) is 24.5. The fourth-order valence-corrected chi connectivity index (χ4v) is 2.58. The van der Waals surface area contributed by atoms with Crippen molar-refractivity contribution < 1.29 is 14.3 Å². The molecule has 0 saturated heterocycles. The summed E-state index contributed by atoms with van der Waals surface area (Å²) in [5, 5.41) is 9.47. The smallest absolute Gasteiger partial charge is 0.258 e. The van der Waals surface area contributed by atoms with Gasteiger partial charge in [0, 0.05) is 12.2 Å². The Balaban J connectivity index is 1.80. The van der Waals surface area contributed by atoms with Crippen LogP contribution in [0.2, 0.25) is 0 Å². The van der Waals surface area contributed by atoms with E-state index in [-0.39, 0.29) is 18.4 Å². The summed E-state index contributed by atoms with van der Waals surface area (Å²) in [6.07, 6.45) is 9.36. The first kappa shape index (κ1) is 17.7. The van der Waals surface area contributed by atoms with E-state index in [1.807, 2.05) is 0 Å². The molecule has 5 heteroatoms. The third kappa shape index (κ3) is 3.95. The van der Waals surface area contributed by atoms with E-state index in [0.29, 0.717) is 17.0 Å². The van der Waals surface area contributed by atoms with Gasteiger partial charge in [-0.05, 0) is 53.6 Å². The van der Waals surface area contributed by atoms with Gasteiger partial charge in [-0.1, -0.05) is 18.1 Å². The number of anilines is 1. The van der Waals surface area contributed by atoms with Crippen molar-refractivity contribution in [2.24, 2.45) is 0 Å². The summed E-state index contributed by atoms with van der Waals surface area (Å²) in [7, 11) is 0. The molecule has 2 aromatic carbocycles. The summed E-state index contributed by atoms with van der Waals surface area (Å²) in [5.74, 6) is 2.29. The molecule has 2 aromatic rings. The van der Waals surface area contributed by atoms with Crippen LogP contribution in [0.25, 0.3) is 11.6 Å². The highest BCUT2D eigenvalue weighted by atomic mass is 16.5. The first-order valence-corrected chi connectivity index (χ1v) is 8.07. The van der Waals surface area contributed by atoms with E-state index in [2.05, 4.69) is 12.0 Å². The second kappa shape index (κ2) is 7.86. The molecule has 0 atom stereocenters. The number of hydrogen-bond acceptors (Lipinski definition) is 4. The number of imide groups is 1. The van der Waals surface area contributed by atoms with Crippen LogP contribution in [0.3, 0.4) is 0 Å². The third-order valence-electron chi connectivity index (χ3n) is 3.88. The normalized spacial score (nSPS) is 13.4. The van der Waals surface area contributed by atoms with E-state index >= 15 is 0 Å². The molecule has 0 aliphatic carbocycles. The zero-order valence-electron chi connectivity index (χ0n) is 14.3. The monoisotopic (exact) mass is 354 g/mol. The molecule has 0 N–H and O–H groups in total. The van der Waals surface area contributed by atoms with E-state index in [4.69, 9.17) is 11.2 Å². The Labute approximate surface area is 156 Å². The predicted molar refractivity (Wildman–Crippen MR) is 102 cm³/mol. The van der Waals surface area contributed by atoms with Gasteiger partial charge in [0.1, 0.15) is 12.4 Å². The van der Waals surface area contributed by atoms with Crippen molar-refractivity contribution in [2.45, 2.75) is 0 Å². The van der Waals surface area contributed by atoms with Crippen molar-refractivity contribution in [1.82, 2.24) is 0 Å².